The van der Waals surface area contributed by atoms with Gasteiger partial charge >= 0.3 is 6.18 Å². The van der Waals surface area contributed by atoms with Gasteiger partial charge in [-0.3, -0.25) is 4.79 Å². The fraction of sp³-hybridized carbons (Fsp3) is 0.500. The molecule has 0 radical (unpaired) electrons. The van der Waals surface area contributed by atoms with Gasteiger partial charge in [0.1, 0.15) is 5.82 Å². The Bertz CT molecular complexity index is 465. The second kappa shape index (κ2) is 5.72. The summed E-state index contributed by atoms with van der Waals surface area (Å²) in [5.74, 6) is -2.16. The van der Waals surface area contributed by atoms with Gasteiger partial charge in [0, 0.05) is 11.5 Å². The van der Waals surface area contributed by atoms with Gasteiger partial charge in [-0.1, -0.05) is 27.2 Å². The molecule has 0 aliphatic heterocycles. The minimum atomic E-state index is -4.73. The zero-order chi connectivity index (χ0) is 14.8. The van der Waals surface area contributed by atoms with Crippen molar-refractivity contribution in [2.24, 2.45) is 11.8 Å². The highest BCUT2D eigenvalue weighted by Gasteiger charge is 2.36. The monoisotopic (exact) mass is 276 g/mol. The lowest BCUT2D eigenvalue weighted by Crippen LogP contribution is -2.22. The second-order valence-corrected chi connectivity index (χ2v) is 4.73. The molecule has 1 nitrogen and oxygen atoms in total. The van der Waals surface area contributed by atoms with Crippen LogP contribution in [-0.2, 0) is 6.18 Å². The number of Topliss-reactive ketones (excluding diaryl/α,β-unsaturated/α-hetero) is 1. The van der Waals surface area contributed by atoms with Gasteiger partial charge < -0.3 is 0 Å². The lowest BCUT2D eigenvalue weighted by Gasteiger charge is -2.19. The van der Waals surface area contributed by atoms with Crippen LogP contribution in [0.5, 0.6) is 0 Å². The first kappa shape index (κ1) is 15.7. The second-order valence-electron chi connectivity index (χ2n) is 4.73. The number of ketones is 1. The third-order valence-electron chi connectivity index (χ3n) is 3.46. The Hall–Kier alpha value is -1.39. The third kappa shape index (κ3) is 3.55. The normalized spacial score (nSPS) is 15.1. The van der Waals surface area contributed by atoms with Crippen molar-refractivity contribution in [2.45, 2.75) is 33.4 Å². The molecular formula is C14H16F4O. The Balaban J connectivity index is 3.24. The van der Waals surface area contributed by atoms with E-state index >= 15 is 0 Å². The number of hydrogen-bond acceptors (Lipinski definition) is 1. The fourth-order valence-electron chi connectivity index (χ4n) is 1.82. The van der Waals surface area contributed by atoms with Crippen LogP contribution in [0.25, 0.3) is 0 Å². The van der Waals surface area contributed by atoms with Gasteiger partial charge in [-0.15, -0.1) is 0 Å². The van der Waals surface area contributed by atoms with E-state index in [0.717, 1.165) is 12.1 Å². The number of rotatable bonds is 4. The van der Waals surface area contributed by atoms with Crippen molar-refractivity contribution in [3.8, 4) is 0 Å². The van der Waals surface area contributed by atoms with E-state index in [1.165, 1.54) is 0 Å². The summed E-state index contributed by atoms with van der Waals surface area (Å²) in [5, 5.41) is 0. The molecule has 1 aromatic rings. The molecule has 1 rings (SSSR count). The molecule has 19 heavy (non-hydrogen) atoms. The molecule has 1 aromatic carbocycles. The van der Waals surface area contributed by atoms with Crippen LogP contribution < -0.4 is 0 Å². The highest BCUT2D eigenvalue weighted by Crippen LogP contribution is 2.34. The van der Waals surface area contributed by atoms with Gasteiger partial charge in [-0.25, -0.2) is 4.39 Å². The van der Waals surface area contributed by atoms with Crippen LogP contribution in [0.15, 0.2) is 18.2 Å². The van der Waals surface area contributed by atoms with E-state index < -0.39 is 34.8 Å². The molecule has 0 saturated carbocycles. The Morgan fingerprint density at radius 3 is 2.32 bits per heavy atom. The van der Waals surface area contributed by atoms with Crippen LogP contribution in [-0.4, -0.2) is 5.78 Å². The average Bonchev–Trinajstić information content (AvgIpc) is 2.35. The molecule has 0 aliphatic carbocycles. The van der Waals surface area contributed by atoms with Crippen LogP contribution in [0, 0.1) is 17.7 Å². The minimum Gasteiger partial charge on any atom is -0.294 e. The minimum absolute atomic E-state index is 0.0290. The molecular weight excluding hydrogens is 260 g/mol. The first-order chi connectivity index (χ1) is 8.68. The van der Waals surface area contributed by atoms with Crippen molar-refractivity contribution in [1.82, 2.24) is 0 Å². The zero-order valence-corrected chi connectivity index (χ0v) is 11.0. The van der Waals surface area contributed by atoms with Crippen LogP contribution in [0.4, 0.5) is 17.6 Å². The lowest BCUT2D eigenvalue weighted by molar-refractivity contribution is -0.138. The third-order valence-corrected chi connectivity index (χ3v) is 3.46. The number of hydrogen-bond donors (Lipinski definition) is 0. The molecule has 0 fully saturated rings. The number of benzene rings is 1. The number of carbonyl (C=O) groups excluding carboxylic acids is 1. The molecule has 2 atom stereocenters. The van der Waals surface area contributed by atoms with Crippen molar-refractivity contribution in [1.29, 1.82) is 0 Å². The first-order valence-corrected chi connectivity index (χ1v) is 6.09. The maximum absolute atomic E-state index is 13.0. The van der Waals surface area contributed by atoms with Crippen LogP contribution in [0.3, 0.4) is 0 Å². The smallest absolute Gasteiger partial charge is 0.294 e. The molecule has 0 aromatic heterocycles. The highest BCUT2D eigenvalue weighted by molar-refractivity contribution is 5.99. The Kier molecular flexibility index (Phi) is 4.71. The van der Waals surface area contributed by atoms with Gasteiger partial charge in [0.25, 0.3) is 0 Å². The maximum atomic E-state index is 13.0. The van der Waals surface area contributed by atoms with Crippen LogP contribution in [0.2, 0.25) is 0 Å². The molecule has 0 heterocycles. The topological polar surface area (TPSA) is 17.1 Å². The number of halogens is 4. The van der Waals surface area contributed by atoms with Gasteiger partial charge in [0.15, 0.2) is 5.78 Å². The summed E-state index contributed by atoms with van der Waals surface area (Å²) in [6.45, 7) is 5.27. The summed E-state index contributed by atoms with van der Waals surface area (Å²) < 4.78 is 51.4. The molecule has 0 aliphatic rings. The standard InChI is InChI=1S/C14H16F4O/c1-4-8(2)9(3)13(19)11-6-5-10(15)7-12(11)14(16,17)18/h5-9H,4H2,1-3H3. The molecule has 106 valence electrons. The van der Waals surface area contributed by atoms with Crippen molar-refractivity contribution >= 4 is 5.78 Å². The van der Waals surface area contributed by atoms with E-state index in [0.29, 0.717) is 12.5 Å². The van der Waals surface area contributed by atoms with Gasteiger partial charge in [0.05, 0.1) is 5.56 Å². The molecule has 0 amide bonds. The van der Waals surface area contributed by atoms with Crippen molar-refractivity contribution < 1.29 is 22.4 Å². The summed E-state index contributed by atoms with van der Waals surface area (Å²) in [4.78, 5) is 12.1. The summed E-state index contributed by atoms with van der Waals surface area (Å²) in [7, 11) is 0. The quantitative estimate of drug-likeness (QED) is 0.575. The molecule has 0 bridgehead atoms. The SMILES string of the molecule is CCC(C)C(C)C(=O)c1ccc(F)cc1C(F)(F)F. The summed E-state index contributed by atoms with van der Waals surface area (Å²) in [5.41, 5.74) is -1.66. The van der Waals surface area contributed by atoms with Crippen molar-refractivity contribution in [3.63, 3.8) is 0 Å². The Morgan fingerprint density at radius 2 is 1.84 bits per heavy atom. The van der Waals surface area contributed by atoms with Gasteiger partial charge in [-0.2, -0.15) is 13.2 Å². The average molecular weight is 276 g/mol. The molecule has 0 saturated heterocycles. The molecule has 0 spiro atoms. The Morgan fingerprint density at radius 1 is 1.26 bits per heavy atom. The predicted octanol–water partition coefficient (Wildman–Crippen LogP) is 4.71. The summed E-state index contributed by atoms with van der Waals surface area (Å²) in [6.07, 6.45) is -4.04. The zero-order valence-electron chi connectivity index (χ0n) is 11.0. The van der Waals surface area contributed by atoms with E-state index in [1.54, 1.807) is 13.8 Å². The fourth-order valence-corrected chi connectivity index (χ4v) is 1.82. The van der Waals surface area contributed by atoms with E-state index in [4.69, 9.17) is 0 Å². The van der Waals surface area contributed by atoms with Crippen LogP contribution >= 0.6 is 0 Å². The van der Waals surface area contributed by atoms with E-state index in [-0.39, 0.29) is 5.92 Å². The molecule has 5 heteroatoms. The summed E-state index contributed by atoms with van der Waals surface area (Å²) in [6, 6.07) is 2.17. The first-order valence-electron chi connectivity index (χ1n) is 6.09. The Labute approximate surface area is 109 Å². The molecule has 0 N–H and O–H groups in total. The predicted molar refractivity (Wildman–Crippen MR) is 64.4 cm³/mol. The largest absolute Gasteiger partial charge is 0.417 e. The van der Waals surface area contributed by atoms with Crippen molar-refractivity contribution in [2.75, 3.05) is 0 Å². The van der Waals surface area contributed by atoms with Crippen molar-refractivity contribution in [3.05, 3.63) is 35.1 Å². The van der Waals surface area contributed by atoms with E-state index in [9.17, 15) is 22.4 Å². The highest BCUT2D eigenvalue weighted by atomic mass is 19.4. The number of carbonyl (C=O) groups is 1. The van der Waals surface area contributed by atoms with E-state index in [1.807, 2.05) is 6.92 Å². The number of alkyl halides is 3. The molecule has 2 unspecified atom stereocenters. The van der Waals surface area contributed by atoms with E-state index in [2.05, 4.69) is 0 Å². The maximum Gasteiger partial charge on any atom is 0.417 e. The lowest BCUT2D eigenvalue weighted by atomic mass is 9.85. The summed E-state index contributed by atoms with van der Waals surface area (Å²) >= 11 is 0. The van der Waals surface area contributed by atoms with Gasteiger partial charge in [-0.05, 0) is 24.1 Å². The van der Waals surface area contributed by atoms with Gasteiger partial charge in [0.2, 0.25) is 0 Å². The van der Waals surface area contributed by atoms with Crippen LogP contribution in [0.1, 0.15) is 43.1 Å².